The van der Waals surface area contributed by atoms with Crippen molar-refractivity contribution in [3.05, 3.63) is 100 Å². The van der Waals surface area contributed by atoms with Crippen LogP contribution >= 0.6 is 11.6 Å². The summed E-state index contributed by atoms with van der Waals surface area (Å²) >= 11 is 6.16. The number of hydrogen-bond acceptors (Lipinski definition) is 3. The summed E-state index contributed by atoms with van der Waals surface area (Å²) < 4.78 is 5.74. The predicted molar refractivity (Wildman–Crippen MR) is 122 cm³/mol. The van der Waals surface area contributed by atoms with E-state index >= 15 is 0 Å². The summed E-state index contributed by atoms with van der Waals surface area (Å²) in [6, 6.07) is 22.3. The Morgan fingerprint density at radius 2 is 1.81 bits per heavy atom. The highest BCUT2D eigenvalue weighted by Gasteiger charge is 2.23. The topological polar surface area (TPSA) is 67.4 Å². The summed E-state index contributed by atoms with van der Waals surface area (Å²) in [6.45, 7) is 0.568. The van der Waals surface area contributed by atoms with Crippen molar-refractivity contribution in [2.75, 3.05) is 11.9 Å². The van der Waals surface area contributed by atoms with Gasteiger partial charge < -0.3 is 15.4 Å². The lowest BCUT2D eigenvalue weighted by Crippen LogP contribution is -2.26. The maximum atomic E-state index is 12.5. The number of benzene rings is 3. The Labute approximate surface area is 185 Å². The number of anilines is 1. The zero-order valence-corrected chi connectivity index (χ0v) is 17.5. The number of rotatable bonds is 6. The summed E-state index contributed by atoms with van der Waals surface area (Å²) in [5, 5.41) is 6.22. The normalized spacial score (nSPS) is 13.8. The van der Waals surface area contributed by atoms with E-state index in [9.17, 15) is 9.59 Å². The zero-order chi connectivity index (χ0) is 21.6. The summed E-state index contributed by atoms with van der Waals surface area (Å²) in [4.78, 5) is 24.9. The van der Waals surface area contributed by atoms with Gasteiger partial charge >= 0.3 is 0 Å². The number of aryl methyl sites for hydroxylation is 1. The zero-order valence-electron chi connectivity index (χ0n) is 16.7. The second-order valence-electron chi connectivity index (χ2n) is 7.14. The molecule has 2 N–H and O–H groups in total. The van der Waals surface area contributed by atoms with Crippen LogP contribution in [-0.2, 0) is 11.2 Å². The fourth-order valence-corrected chi connectivity index (χ4v) is 3.47. The van der Waals surface area contributed by atoms with Crippen molar-refractivity contribution in [1.29, 1.82) is 0 Å². The van der Waals surface area contributed by atoms with E-state index in [2.05, 4.69) is 22.8 Å². The SMILES string of the molecule is O=C1Nc2cc(C(=O)NCCCc3ccccc3)ccc2O/C1=C\c1ccccc1Cl. The first-order valence-corrected chi connectivity index (χ1v) is 10.4. The van der Waals surface area contributed by atoms with Gasteiger partial charge in [-0.25, -0.2) is 0 Å². The minimum Gasteiger partial charge on any atom is -0.449 e. The molecule has 5 nitrogen and oxygen atoms in total. The Balaban J connectivity index is 1.39. The van der Waals surface area contributed by atoms with E-state index < -0.39 is 5.91 Å². The molecule has 1 heterocycles. The molecule has 156 valence electrons. The monoisotopic (exact) mass is 432 g/mol. The fraction of sp³-hybridized carbons (Fsp3) is 0.120. The number of fused-ring (bicyclic) bond motifs is 1. The van der Waals surface area contributed by atoms with Crippen LogP contribution in [0, 0.1) is 0 Å². The molecule has 0 fully saturated rings. The highest BCUT2D eigenvalue weighted by Crippen LogP contribution is 2.33. The molecule has 1 aliphatic rings. The van der Waals surface area contributed by atoms with E-state index in [1.165, 1.54) is 5.56 Å². The molecule has 0 radical (unpaired) electrons. The Morgan fingerprint density at radius 3 is 2.61 bits per heavy atom. The third-order valence-electron chi connectivity index (χ3n) is 4.90. The largest absolute Gasteiger partial charge is 0.449 e. The molecule has 0 spiro atoms. The van der Waals surface area contributed by atoms with Crippen molar-refractivity contribution in [2.45, 2.75) is 12.8 Å². The molecular weight excluding hydrogens is 412 g/mol. The van der Waals surface area contributed by atoms with Gasteiger partial charge in [0.25, 0.3) is 11.8 Å². The smallest absolute Gasteiger partial charge is 0.291 e. The number of ether oxygens (including phenoxy) is 1. The number of carbonyl (C=O) groups excluding carboxylic acids is 2. The minimum absolute atomic E-state index is 0.138. The molecule has 0 saturated carbocycles. The molecule has 0 aliphatic carbocycles. The van der Waals surface area contributed by atoms with Gasteiger partial charge in [-0.05, 0) is 54.3 Å². The average molecular weight is 433 g/mol. The van der Waals surface area contributed by atoms with Gasteiger partial charge in [0.15, 0.2) is 11.5 Å². The summed E-state index contributed by atoms with van der Waals surface area (Å²) in [7, 11) is 0. The highest BCUT2D eigenvalue weighted by atomic mass is 35.5. The summed E-state index contributed by atoms with van der Waals surface area (Å²) in [5.74, 6) is 0.0209. The van der Waals surface area contributed by atoms with Crippen LogP contribution in [0.2, 0.25) is 5.02 Å². The molecule has 0 unspecified atom stereocenters. The standard InChI is InChI=1S/C25H21ClN2O3/c26-20-11-5-4-10-18(20)16-23-25(30)28-21-15-19(12-13-22(21)31-23)24(29)27-14-6-9-17-7-2-1-3-8-17/h1-5,7-8,10-13,15-16H,6,9,14H2,(H,27,29)(H,28,30)/b23-16-. The molecule has 3 aromatic carbocycles. The van der Waals surface area contributed by atoms with Crippen LogP contribution in [0.25, 0.3) is 6.08 Å². The Hall–Kier alpha value is -3.57. The second-order valence-corrected chi connectivity index (χ2v) is 7.55. The molecule has 0 atom stereocenters. The van der Waals surface area contributed by atoms with Crippen LogP contribution in [0.5, 0.6) is 5.75 Å². The van der Waals surface area contributed by atoms with Gasteiger partial charge in [-0.1, -0.05) is 60.1 Å². The quantitative estimate of drug-likeness (QED) is 0.422. The maximum Gasteiger partial charge on any atom is 0.291 e. The van der Waals surface area contributed by atoms with E-state index in [0.29, 0.717) is 34.1 Å². The number of hydrogen-bond donors (Lipinski definition) is 2. The molecule has 3 aromatic rings. The molecular formula is C25H21ClN2O3. The van der Waals surface area contributed by atoms with Crippen molar-refractivity contribution >= 4 is 35.2 Å². The molecule has 0 aromatic heterocycles. The molecule has 6 heteroatoms. The predicted octanol–water partition coefficient (Wildman–Crippen LogP) is 5.07. The maximum absolute atomic E-state index is 12.5. The number of amides is 2. The van der Waals surface area contributed by atoms with Crippen LogP contribution < -0.4 is 15.4 Å². The molecule has 4 rings (SSSR count). The Kier molecular flexibility index (Phi) is 6.34. The first kappa shape index (κ1) is 20.7. The van der Waals surface area contributed by atoms with Crippen LogP contribution in [0.4, 0.5) is 5.69 Å². The Bertz CT molecular complexity index is 1140. The van der Waals surface area contributed by atoms with Crippen molar-refractivity contribution in [2.24, 2.45) is 0 Å². The van der Waals surface area contributed by atoms with Crippen molar-refractivity contribution in [3.63, 3.8) is 0 Å². The summed E-state index contributed by atoms with van der Waals surface area (Å²) in [5.41, 5.74) is 2.84. The van der Waals surface area contributed by atoms with E-state index in [-0.39, 0.29) is 11.7 Å². The second kappa shape index (κ2) is 9.49. The van der Waals surface area contributed by atoms with Gasteiger partial charge in [-0.3, -0.25) is 9.59 Å². The van der Waals surface area contributed by atoms with Crippen molar-refractivity contribution in [3.8, 4) is 5.75 Å². The molecule has 1 aliphatic heterocycles. The lowest BCUT2D eigenvalue weighted by Gasteiger charge is -2.20. The van der Waals surface area contributed by atoms with Crippen molar-refractivity contribution in [1.82, 2.24) is 5.32 Å². The van der Waals surface area contributed by atoms with E-state index in [0.717, 1.165) is 12.8 Å². The van der Waals surface area contributed by atoms with E-state index in [4.69, 9.17) is 16.3 Å². The molecule has 0 bridgehead atoms. The third kappa shape index (κ3) is 5.13. The van der Waals surface area contributed by atoms with Gasteiger partial charge in [0.05, 0.1) is 5.69 Å². The van der Waals surface area contributed by atoms with Crippen LogP contribution in [0.15, 0.2) is 78.6 Å². The fourth-order valence-electron chi connectivity index (χ4n) is 3.28. The number of nitrogens with one attached hydrogen (secondary N) is 2. The number of carbonyl (C=O) groups is 2. The van der Waals surface area contributed by atoms with Gasteiger partial charge in [0, 0.05) is 17.1 Å². The Morgan fingerprint density at radius 1 is 1.03 bits per heavy atom. The average Bonchev–Trinajstić information content (AvgIpc) is 2.79. The lowest BCUT2D eigenvalue weighted by molar-refractivity contribution is -0.115. The van der Waals surface area contributed by atoms with Crippen molar-refractivity contribution < 1.29 is 14.3 Å². The molecule has 31 heavy (non-hydrogen) atoms. The highest BCUT2D eigenvalue weighted by molar-refractivity contribution is 6.32. The third-order valence-corrected chi connectivity index (χ3v) is 5.24. The van der Waals surface area contributed by atoms with Crippen LogP contribution in [0.3, 0.4) is 0 Å². The number of halogens is 1. The van der Waals surface area contributed by atoms with Gasteiger partial charge in [0.1, 0.15) is 0 Å². The van der Waals surface area contributed by atoms with E-state index in [1.807, 2.05) is 30.3 Å². The van der Waals surface area contributed by atoms with Crippen LogP contribution in [-0.4, -0.2) is 18.4 Å². The summed E-state index contributed by atoms with van der Waals surface area (Å²) in [6.07, 6.45) is 3.33. The van der Waals surface area contributed by atoms with Crippen LogP contribution in [0.1, 0.15) is 27.9 Å². The first-order chi connectivity index (χ1) is 15.1. The minimum atomic E-state index is -0.396. The molecule has 0 saturated heterocycles. The van der Waals surface area contributed by atoms with E-state index in [1.54, 1.807) is 36.4 Å². The van der Waals surface area contributed by atoms with Gasteiger partial charge in [-0.15, -0.1) is 0 Å². The first-order valence-electron chi connectivity index (χ1n) is 10.0. The lowest BCUT2D eigenvalue weighted by atomic mass is 10.1. The molecule has 2 amide bonds. The van der Waals surface area contributed by atoms with Gasteiger partial charge in [0.2, 0.25) is 0 Å². The van der Waals surface area contributed by atoms with Gasteiger partial charge in [-0.2, -0.15) is 0 Å².